The summed E-state index contributed by atoms with van der Waals surface area (Å²) in [6.07, 6.45) is 4.50. The van der Waals surface area contributed by atoms with Gasteiger partial charge < -0.3 is 10.7 Å². The van der Waals surface area contributed by atoms with E-state index < -0.39 is 4.92 Å². The van der Waals surface area contributed by atoms with Gasteiger partial charge in [-0.05, 0) is 25.0 Å². The standard InChI is InChI=1S/C11H16N4O2/c12-14-10-7-3-6-9(11(10)15(16)17)13-8-4-1-2-5-8/h3,6-8,13-14H,1-2,4-5,12H2. The number of hydrazine groups is 1. The quantitative estimate of drug-likeness (QED) is 0.423. The van der Waals surface area contributed by atoms with Crippen molar-refractivity contribution in [2.45, 2.75) is 31.7 Å². The predicted molar refractivity (Wildman–Crippen MR) is 66.8 cm³/mol. The Morgan fingerprint density at radius 3 is 2.53 bits per heavy atom. The van der Waals surface area contributed by atoms with Gasteiger partial charge in [-0.3, -0.25) is 16.0 Å². The van der Waals surface area contributed by atoms with E-state index in [0.717, 1.165) is 12.8 Å². The second kappa shape index (κ2) is 5.01. The lowest BCUT2D eigenvalue weighted by atomic mass is 10.2. The van der Waals surface area contributed by atoms with E-state index in [-0.39, 0.29) is 5.69 Å². The lowest BCUT2D eigenvalue weighted by Gasteiger charge is -2.14. The molecule has 1 aliphatic rings. The Bertz CT molecular complexity index is 416. The van der Waals surface area contributed by atoms with Crippen molar-refractivity contribution in [3.05, 3.63) is 28.3 Å². The molecule has 1 fully saturated rings. The normalized spacial score (nSPS) is 15.8. The molecule has 0 unspecified atom stereocenters. The second-order valence-electron chi connectivity index (χ2n) is 4.23. The third-order valence-electron chi connectivity index (χ3n) is 3.09. The number of nitrogen functional groups attached to an aromatic ring is 1. The maximum Gasteiger partial charge on any atom is 0.316 e. The molecule has 0 aromatic heterocycles. The highest BCUT2D eigenvalue weighted by Crippen LogP contribution is 2.34. The van der Waals surface area contributed by atoms with E-state index in [0.29, 0.717) is 17.4 Å². The van der Waals surface area contributed by atoms with Crippen LogP contribution in [0.4, 0.5) is 17.1 Å². The van der Waals surface area contributed by atoms with E-state index in [2.05, 4.69) is 10.7 Å². The monoisotopic (exact) mass is 236 g/mol. The lowest BCUT2D eigenvalue weighted by molar-refractivity contribution is -0.383. The highest BCUT2D eigenvalue weighted by molar-refractivity contribution is 5.76. The van der Waals surface area contributed by atoms with Crippen LogP contribution in [-0.2, 0) is 0 Å². The molecule has 0 bridgehead atoms. The summed E-state index contributed by atoms with van der Waals surface area (Å²) >= 11 is 0. The molecule has 1 saturated carbocycles. The van der Waals surface area contributed by atoms with Crippen molar-refractivity contribution >= 4 is 17.1 Å². The van der Waals surface area contributed by atoms with Crippen LogP contribution in [-0.4, -0.2) is 11.0 Å². The summed E-state index contributed by atoms with van der Waals surface area (Å²) in [4.78, 5) is 10.6. The third-order valence-corrected chi connectivity index (χ3v) is 3.09. The fraction of sp³-hybridized carbons (Fsp3) is 0.455. The minimum atomic E-state index is -0.410. The van der Waals surface area contributed by atoms with Crippen LogP contribution in [0.2, 0.25) is 0 Å². The topological polar surface area (TPSA) is 93.2 Å². The van der Waals surface area contributed by atoms with Gasteiger partial charge in [-0.2, -0.15) is 0 Å². The van der Waals surface area contributed by atoms with Gasteiger partial charge in [0.1, 0.15) is 11.4 Å². The van der Waals surface area contributed by atoms with Crippen LogP contribution >= 0.6 is 0 Å². The Kier molecular flexibility index (Phi) is 3.43. The number of nitro benzene ring substituents is 1. The van der Waals surface area contributed by atoms with E-state index in [1.807, 2.05) is 0 Å². The summed E-state index contributed by atoms with van der Waals surface area (Å²) in [5.41, 5.74) is 3.25. The highest BCUT2D eigenvalue weighted by Gasteiger charge is 2.22. The molecule has 6 heteroatoms. The average molecular weight is 236 g/mol. The summed E-state index contributed by atoms with van der Waals surface area (Å²) in [6.45, 7) is 0. The second-order valence-corrected chi connectivity index (χ2v) is 4.23. The lowest BCUT2D eigenvalue weighted by Crippen LogP contribution is -2.17. The minimum absolute atomic E-state index is 0.0156. The molecule has 0 radical (unpaired) electrons. The van der Waals surface area contributed by atoms with Gasteiger partial charge in [-0.25, -0.2) is 0 Å². The first-order valence-corrected chi connectivity index (χ1v) is 5.73. The molecule has 6 nitrogen and oxygen atoms in total. The molecule has 0 spiro atoms. The van der Waals surface area contributed by atoms with Crippen LogP contribution in [0.15, 0.2) is 18.2 Å². The van der Waals surface area contributed by atoms with E-state index >= 15 is 0 Å². The molecule has 0 heterocycles. The van der Waals surface area contributed by atoms with E-state index in [1.165, 1.54) is 12.8 Å². The van der Waals surface area contributed by atoms with Gasteiger partial charge in [0.15, 0.2) is 0 Å². The summed E-state index contributed by atoms with van der Waals surface area (Å²) < 4.78 is 0. The number of anilines is 2. The Labute approximate surface area is 99.3 Å². The van der Waals surface area contributed by atoms with Crippen LogP contribution in [0.5, 0.6) is 0 Å². The van der Waals surface area contributed by atoms with Crippen LogP contribution in [0.1, 0.15) is 25.7 Å². The molecule has 1 aromatic carbocycles. The molecule has 1 aliphatic carbocycles. The molecular weight excluding hydrogens is 220 g/mol. The van der Waals surface area contributed by atoms with Crippen molar-refractivity contribution in [3.8, 4) is 0 Å². The summed E-state index contributed by atoms with van der Waals surface area (Å²) in [6, 6.07) is 5.40. The van der Waals surface area contributed by atoms with Crippen LogP contribution in [0.25, 0.3) is 0 Å². The smallest absolute Gasteiger partial charge is 0.316 e. The van der Waals surface area contributed by atoms with E-state index in [1.54, 1.807) is 18.2 Å². The zero-order chi connectivity index (χ0) is 12.3. The minimum Gasteiger partial charge on any atom is -0.377 e. The number of benzene rings is 1. The van der Waals surface area contributed by atoms with Gasteiger partial charge in [0.2, 0.25) is 0 Å². The summed E-state index contributed by atoms with van der Waals surface area (Å²) in [5.74, 6) is 5.28. The average Bonchev–Trinajstić information content (AvgIpc) is 2.81. The van der Waals surface area contributed by atoms with E-state index in [4.69, 9.17) is 5.84 Å². The van der Waals surface area contributed by atoms with Crippen LogP contribution in [0, 0.1) is 10.1 Å². The fourth-order valence-electron chi connectivity index (χ4n) is 2.26. The number of para-hydroxylation sites is 1. The maximum absolute atomic E-state index is 11.0. The number of nitrogens with two attached hydrogens (primary N) is 1. The van der Waals surface area contributed by atoms with Crippen molar-refractivity contribution in [2.75, 3.05) is 10.7 Å². The third kappa shape index (κ3) is 2.47. The Morgan fingerprint density at radius 1 is 1.29 bits per heavy atom. The van der Waals surface area contributed by atoms with Gasteiger partial charge in [-0.15, -0.1) is 0 Å². The summed E-state index contributed by atoms with van der Waals surface area (Å²) in [7, 11) is 0. The van der Waals surface area contributed by atoms with Gasteiger partial charge in [0.05, 0.1) is 4.92 Å². The molecule has 0 amide bonds. The number of hydrogen-bond acceptors (Lipinski definition) is 5. The zero-order valence-corrected chi connectivity index (χ0v) is 9.48. The number of hydrogen-bond donors (Lipinski definition) is 3. The van der Waals surface area contributed by atoms with Gasteiger partial charge in [0.25, 0.3) is 0 Å². The SMILES string of the molecule is NNc1cccc(NC2CCCC2)c1[N+](=O)[O-]. The molecule has 0 aliphatic heterocycles. The predicted octanol–water partition coefficient (Wildman–Crippen LogP) is 2.23. The van der Waals surface area contributed by atoms with E-state index in [9.17, 15) is 10.1 Å². The first-order chi connectivity index (χ1) is 8.22. The molecule has 1 aromatic rings. The number of rotatable bonds is 4. The van der Waals surface area contributed by atoms with Crippen molar-refractivity contribution in [1.29, 1.82) is 0 Å². The Hall–Kier alpha value is -1.82. The zero-order valence-electron chi connectivity index (χ0n) is 9.48. The molecule has 17 heavy (non-hydrogen) atoms. The first kappa shape index (κ1) is 11.7. The molecule has 4 N–H and O–H groups in total. The number of nitro groups is 1. The van der Waals surface area contributed by atoms with Crippen molar-refractivity contribution in [2.24, 2.45) is 5.84 Å². The molecular formula is C11H16N4O2. The van der Waals surface area contributed by atoms with Crippen LogP contribution in [0.3, 0.4) is 0 Å². The molecule has 0 atom stereocenters. The maximum atomic E-state index is 11.0. The van der Waals surface area contributed by atoms with Gasteiger partial charge >= 0.3 is 5.69 Å². The molecule has 92 valence electrons. The van der Waals surface area contributed by atoms with Crippen molar-refractivity contribution in [1.82, 2.24) is 0 Å². The number of nitrogens with one attached hydrogen (secondary N) is 2. The van der Waals surface area contributed by atoms with Crippen molar-refractivity contribution < 1.29 is 4.92 Å². The fourth-order valence-corrected chi connectivity index (χ4v) is 2.26. The Balaban J connectivity index is 2.28. The highest BCUT2D eigenvalue weighted by atomic mass is 16.6. The van der Waals surface area contributed by atoms with Crippen LogP contribution < -0.4 is 16.6 Å². The summed E-state index contributed by atoms with van der Waals surface area (Å²) in [5, 5.41) is 14.3. The Morgan fingerprint density at radius 2 is 1.94 bits per heavy atom. The van der Waals surface area contributed by atoms with Crippen molar-refractivity contribution in [3.63, 3.8) is 0 Å². The molecule has 0 saturated heterocycles. The van der Waals surface area contributed by atoms with Gasteiger partial charge in [-0.1, -0.05) is 18.9 Å². The van der Waals surface area contributed by atoms with Gasteiger partial charge in [0, 0.05) is 6.04 Å². The first-order valence-electron chi connectivity index (χ1n) is 5.73. The number of nitrogens with zero attached hydrogens (tertiary/aromatic N) is 1. The molecule has 2 rings (SSSR count). The largest absolute Gasteiger partial charge is 0.377 e.